The maximum absolute atomic E-state index is 11.1. The van der Waals surface area contributed by atoms with Crippen LogP contribution in [-0.4, -0.2) is 19.7 Å². The van der Waals surface area contributed by atoms with Gasteiger partial charge in [0.1, 0.15) is 12.4 Å². The first kappa shape index (κ1) is 12.8. The van der Waals surface area contributed by atoms with E-state index in [1.165, 1.54) is 7.11 Å². The molecule has 0 atom stereocenters. The highest BCUT2D eigenvalue weighted by molar-refractivity contribution is 9.10. The molecular formula is C12H13BrO3. The van der Waals surface area contributed by atoms with Crippen LogP contribution in [0.1, 0.15) is 5.56 Å². The first-order valence-corrected chi connectivity index (χ1v) is 5.55. The van der Waals surface area contributed by atoms with Crippen molar-refractivity contribution in [1.82, 2.24) is 0 Å². The molecule has 0 aromatic heterocycles. The summed E-state index contributed by atoms with van der Waals surface area (Å²) in [7, 11) is 1.37. The molecule has 0 saturated heterocycles. The molecule has 0 fully saturated rings. The van der Waals surface area contributed by atoms with Crippen molar-refractivity contribution in [1.29, 1.82) is 0 Å². The third-order valence-corrected chi connectivity index (χ3v) is 2.58. The van der Waals surface area contributed by atoms with Gasteiger partial charge in [-0.1, -0.05) is 18.7 Å². The molecule has 0 saturated carbocycles. The van der Waals surface area contributed by atoms with Gasteiger partial charge in [0.05, 0.1) is 18.0 Å². The van der Waals surface area contributed by atoms with E-state index in [1.807, 2.05) is 18.2 Å². The molecule has 0 spiro atoms. The van der Waals surface area contributed by atoms with Crippen LogP contribution in [0.3, 0.4) is 0 Å². The summed E-state index contributed by atoms with van der Waals surface area (Å²) in [5.41, 5.74) is 0.856. The van der Waals surface area contributed by atoms with Gasteiger partial charge in [-0.15, -0.1) is 0 Å². The van der Waals surface area contributed by atoms with E-state index in [0.29, 0.717) is 12.4 Å². The van der Waals surface area contributed by atoms with E-state index in [9.17, 15) is 4.79 Å². The standard InChI is InChI=1S/C12H13BrO3/c1-3-6-16-11-7-9(4-5-10(11)13)8-12(14)15-2/h3-5,7H,1,6,8H2,2H3. The molecule has 86 valence electrons. The van der Waals surface area contributed by atoms with Crippen molar-refractivity contribution in [2.75, 3.05) is 13.7 Å². The van der Waals surface area contributed by atoms with E-state index >= 15 is 0 Å². The van der Waals surface area contributed by atoms with Crippen LogP contribution in [0.15, 0.2) is 35.3 Å². The molecule has 0 bridgehead atoms. The monoisotopic (exact) mass is 284 g/mol. The predicted octanol–water partition coefficient (Wildman–Crippen LogP) is 2.73. The molecule has 1 rings (SSSR count). The SMILES string of the molecule is C=CCOc1cc(CC(=O)OC)ccc1Br. The molecule has 0 unspecified atom stereocenters. The zero-order valence-electron chi connectivity index (χ0n) is 9.03. The van der Waals surface area contributed by atoms with Gasteiger partial charge in [0, 0.05) is 0 Å². The molecule has 0 aliphatic rings. The first-order chi connectivity index (χ1) is 7.67. The Labute approximate surface area is 103 Å². The van der Waals surface area contributed by atoms with Crippen LogP contribution in [0.4, 0.5) is 0 Å². The Bertz CT molecular complexity index is 388. The number of hydrogen-bond donors (Lipinski definition) is 0. The van der Waals surface area contributed by atoms with Crippen molar-refractivity contribution in [3.63, 3.8) is 0 Å². The molecule has 16 heavy (non-hydrogen) atoms. The summed E-state index contributed by atoms with van der Waals surface area (Å²) in [6.07, 6.45) is 1.91. The fraction of sp³-hybridized carbons (Fsp3) is 0.250. The van der Waals surface area contributed by atoms with Gasteiger partial charge in [0.15, 0.2) is 0 Å². The molecule has 0 heterocycles. The largest absolute Gasteiger partial charge is 0.488 e. The van der Waals surface area contributed by atoms with Gasteiger partial charge in [-0.2, -0.15) is 0 Å². The fourth-order valence-corrected chi connectivity index (χ4v) is 1.52. The van der Waals surface area contributed by atoms with E-state index in [-0.39, 0.29) is 12.4 Å². The molecule has 0 aliphatic heterocycles. The minimum atomic E-state index is -0.267. The molecule has 4 heteroatoms. The second-order valence-corrected chi connectivity index (χ2v) is 3.97. The lowest BCUT2D eigenvalue weighted by Crippen LogP contribution is -2.04. The predicted molar refractivity (Wildman–Crippen MR) is 65.6 cm³/mol. The Hall–Kier alpha value is -1.29. The molecule has 1 aromatic rings. The highest BCUT2D eigenvalue weighted by atomic mass is 79.9. The van der Waals surface area contributed by atoms with Gasteiger partial charge in [0.25, 0.3) is 0 Å². The van der Waals surface area contributed by atoms with Crippen molar-refractivity contribution >= 4 is 21.9 Å². The number of esters is 1. The molecule has 0 N–H and O–H groups in total. The second-order valence-electron chi connectivity index (χ2n) is 3.12. The van der Waals surface area contributed by atoms with E-state index in [2.05, 4.69) is 27.2 Å². The van der Waals surface area contributed by atoms with Crippen LogP contribution < -0.4 is 4.74 Å². The van der Waals surface area contributed by atoms with Crippen LogP contribution in [0.25, 0.3) is 0 Å². The summed E-state index contributed by atoms with van der Waals surface area (Å²) >= 11 is 3.37. The zero-order valence-corrected chi connectivity index (χ0v) is 10.6. The lowest BCUT2D eigenvalue weighted by molar-refractivity contribution is -0.139. The van der Waals surface area contributed by atoms with Gasteiger partial charge < -0.3 is 9.47 Å². The number of benzene rings is 1. The normalized spacial score (nSPS) is 9.62. The average Bonchev–Trinajstić information content (AvgIpc) is 2.29. The highest BCUT2D eigenvalue weighted by Crippen LogP contribution is 2.26. The number of hydrogen-bond acceptors (Lipinski definition) is 3. The fourth-order valence-electron chi connectivity index (χ4n) is 1.16. The minimum Gasteiger partial charge on any atom is -0.488 e. The van der Waals surface area contributed by atoms with Crippen LogP contribution in [0.2, 0.25) is 0 Å². The van der Waals surface area contributed by atoms with Crippen LogP contribution in [-0.2, 0) is 16.0 Å². The number of halogens is 1. The Morgan fingerprint density at radius 1 is 1.56 bits per heavy atom. The summed E-state index contributed by atoms with van der Waals surface area (Å²) in [5.74, 6) is 0.429. The van der Waals surface area contributed by atoms with Crippen molar-refractivity contribution in [3.05, 3.63) is 40.9 Å². The number of ether oxygens (including phenoxy) is 2. The van der Waals surface area contributed by atoms with Gasteiger partial charge in [0.2, 0.25) is 0 Å². The zero-order chi connectivity index (χ0) is 12.0. The minimum absolute atomic E-state index is 0.244. The molecule has 0 aliphatic carbocycles. The van der Waals surface area contributed by atoms with Crippen molar-refractivity contribution in [3.8, 4) is 5.75 Å². The maximum Gasteiger partial charge on any atom is 0.309 e. The van der Waals surface area contributed by atoms with Crippen molar-refractivity contribution in [2.24, 2.45) is 0 Å². The summed E-state index contributed by atoms with van der Waals surface area (Å²) in [6.45, 7) is 4.01. The summed E-state index contributed by atoms with van der Waals surface area (Å²) < 4.78 is 10.9. The van der Waals surface area contributed by atoms with Crippen molar-refractivity contribution in [2.45, 2.75) is 6.42 Å². The number of carbonyl (C=O) groups is 1. The second kappa shape index (κ2) is 6.33. The smallest absolute Gasteiger partial charge is 0.309 e. The number of carbonyl (C=O) groups excluding carboxylic acids is 1. The third kappa shape index (κ3) is 3.70. The maximum atomic E-state index is 11.1. The van der Waals surface area contributed by atoms with Gasteiger partial charge >= 0.3 is 5.97 Å². The third-order valence-electron chi connectivity index (χ3n) is 1.93. The quantitative estimate of drug-likeness (QED) is 0.616. The molecule has 1 aromatic carbocycles. The first-order valence-electron chi connectivity index (χ1n) is 4.76. The molecular weight excluding hydrogens is 272 g/mol. The summed E-state index contributed by atoms with van der Waals surface area (Å²) in [4.78, 5) is 11.1. The Balaban J connectivity index is 2.80. The Morgan fingerprint density at radius 2 is 2.31 bits per heavy atom. The highest BCUT2D eigenvalue weighted by Gasteiger charge is 2.06. The topological polar surface area (TPSA) is 35.5 Å². The molecule has 0 radical (unpaired) electrons. The number of methoxy groups -OCH3 is 1. The Morgan fingerprint density at radius 3 is 2.94 bits per heavy atom. The van der Waals surface area contributed by atoms with Gasteiger partial charge in [-0.3, -0.25) is 4.79 Å². The van der Waals surface area contributed by atoms with Gasteiger partial charge in [-0.25, -0.2) is 0 Å². The van der Waals surface area contributed by atoms with Gasteiger partial charge in [-0.05, 0) is 33.6 Å². The lowest BCUT2D eigenvalue weighted by Gasteiger charge is -2.08. The summed E-state index contributed by atoms with van der Waals surface area (Å²) in [6, 6.07) is 5.50. The molecule has 3 nitrogen and oxygen atoms in total. The molecule has 0 amide bonds. The van der Waals surface area contributed by atoms with E-state index in [4.69, 9.17) is 4.74 Å². The van der Waals surface area contributed by atoms with E-state index < -0.39 is 0 Å². The van der Waals surface area contributed by atoms with E-state index in [0.717, 1.165) is 10.0 Å². The lowest BCUT2D eigenvalue weighted by atomic mass is 10.1. The summed E-state index contributed by atoms with van der Waals surface area (Å²) in [5, 5.41) is 0. The van der Waals surface area contributed by atoms with Crippen LogP contribution in [0, 0.1) is 0 Å². The van der Waals surface area contributed by atoms with Crippen LogP contribution >= 0.6 is 15.9 Å². The van der Waals surface area contributed by atoms with Crippen LogP contribution in [0.5, 0.6) is 5.75 Å². The van der Waals surface area contributed by atoms with Crippen molar-refractivity contribution < 1.29 is 14.3 Å². The Kier molecular flexibility index (Phi) is 5.05. The average molecular weight is 285 g/mol. The van der Waals surface area contributed by atoms with E-state index in [1.54, 1.807) is 6.08 Å². The number of rotatable bonds is 5.